The minimum absolute atomic E-state index is 0.324. The molecule has 1 aliphatic rings. The molecule has 2 aromatic rings. The molecular formula is C23H29N3O4. The SMILES string of the molecule is O=C(NCCN1CCOCC1)C(CO)NC(=O)C(c1ccccc1)c1ccccc1. The maximum atomic E-state index is 13.1. The van der Waals surface area contributed by atoms with Crippen LogP contribution < -0.4 is 10.6 Å². The number of rotatable bonds is 9. The summed E-state index contributed by atoms with van der Waals surface area (Å²) < 4.78 is 5.31. The van der Waals surface area contributed by atoms with E-state index >= 15 is 0 Å². The predicted molar refractivity (Wildman–Crippen MR) is 114 cm³/mol. The third kappa shape index (κ3) is 6.13. The van der Waals surface area contributed by atoms with Crippen LogP contribution in [0.4, 0.5) is 0 Å². The largest absolute Gasteiger partial charge is 0.394 e. The average Bonchev–Trinajstić information content (AvgIpc) is 2.79. The van der Waals surface area contributed by atoms with Gasteiger partial charge in [-0.1, -0.05) is 60.7 Å². The highest BCUT2D eigenvalue weighted by atomic mass is 16.5. The number of ether oxygens (including phenoxy) is 1. The summed E-state index contributed by atoms with van der Waals surface area (Å²) in [4.78, 5) is 27.8. The summed E-state index contributed by atoms with van der Waals surface area (Å²) in [6.07, 6.45) is 0. The van der Waals surface area contributed by atoms with Crippen molar-refractivity contribution in [1.29, 1.82) is 0 Å². The van der Waals surface area contributed by atoms with Gasteiger partial charge in [0.2, 0.25) is 11.8 Å². The Morgan fingerprint density at radius 2 is 1.50 bits per heavy atom. The molecule has 0 aromatic heterocycles. The highest BCUT2D eigenvalue weighted by molar-refractivity contribution is 5.92. The highest BCUT2D eigenvalue weighted by Crippen LogP contribution is 2.24. The Hall–Kier alpha value is -2.74. The Morgan fingerprint density at radius 3 is 2.03 bits per heavy atom. The molecule has 0 spiro atoms. The van der Waals surface area contributed by atoms with Crippen LogP contribution in [0.15, 0.2) is 60.7 Å². The van der Waals surface area contributed by atoms with Gasteiger partial charge in [0.15, 0.2) is 0 Å². The fraction of sp³-hybridized carbons (Fsp3) is 0.391. The van der Waals surface area contributed by atoms with Crippen molar-refractivity contribution >= 4 is 11.8 Å². The van der Waals surface area contributed by atoms with Crippen molar-refractivity contribution in [3.63, 3.8) is 0 Å². The van der Waals surface area contributed by atoms with Crippen LogP contribution in [0.3, 0.4) is 0 Å². The van der Waals surface area contributed by atoms with Crippen molar-refractivity contribution in [3.8, 4) is 0 Å². The molecule has 2 amide bonds. The molecule has 7 heteroatoms. The Kier molecular flexibility index (Phi) is 8.38. The molecule has 0 saturated carbocycles. The van der Waals surface area contributed by atoms with Gasteiger partial charge in [-0.2, -0.15) is 0 Å². The average molecular weight is 412 g/mol. The van der Waals surface area contributed by atoms with Crippen molar-refractivity contribution in [3.05, 3.63) is 71.8 Å². The Balaban J connectivity index is 1.62. The zero-order valence-electron chi connectivity index (χ0n) is 17.0. The number of carbonyl (C=O) groups is 2. The lowest BCUT2D eigenvalue weighted by molar-refractivity contribution is -0.130. The molecule has 7 nitrogen and oxygen atoms in total. The first-order chi connectivity index (χ1) is 14.7. The summed E-state index contributed by atoms with van der Waals surface area (Å²) in [7, 11) is 0. The quantitative estimate of drug-likeness (QED) is 0.566. The fourth-order valence-electron chi connectivity index (χ4n) is 3.52. The van der Waals surface area contributed by atoms with Gasteiger partial charge >= 0.3 is 0 Å². The van der Waals surface area contributed by atoms with Crippen LogP contribution in [0.2, 0.25) is 0 Å². The summed E-state index contributed by atoms with van der Waals surface area (Å²) in [5.41, 5.74) is 1.65. The first-order valence-corrected chi connectivity index (χ1v) is 10.3. The lowest BCUT2D eigenvalue weighted by atomic mass is 9.90. The van der Waals surface area contributed by atoms with Gasteiger partial charge in [-0.25, -0.2) is 0 Å². The summed E-state index contributed by atoms with van der Waals surface area (Å²) in [5.74, 6) is -1.28. The fourth-order valence-corrected chi connectivity index (χ4v) is 3.52. The number of nitrogens with zero attached hydrogens (tertiary/aromatic N) is 1. The number of hydrogen-bond acceptors (Lipinski definition) is 5. The minimum atomic E-state index is -1.00. The van der Waals surface area contributed by atoms with Crippen LogP contribution in [0.5, 0.6) is 0 Å². The molecule has 2 aromatic carbocycles. The Bertz CT molecular complexity index is 755. The highest BCUT2D eigenvalue weighted by Gasteiger charge is 2.27. The summed E-state index contributed by atoms with van der Waals surface area (Å²) in [6.45, 7) is 3.76. The van der Waals surface area contributed by atoms with E-state index in [2.05, 4.69) is 15.5 Å². The number of nitrogens with one attached hydrogen (secondary N) is 2. The van der Waals surface area contributed by atoms with E-state index in [4.69, 9.17) is 4.74 Å². The van der Waals surface area contributed by atoms with Crippen molar-refractivity contribution in [2.75, 3.05) is 46.0 Å². The minimum Gasteiger partial charge on any atom is -0.394 e. The van der Waals surface area contributed by atoms with E-state index < -0.39 is 18.6 Å². The molecule has 1 unspecified atom stereocenters. The van der Waals surface area contributed by atoms with Gasteiger partial charge < -0.3 is 20.5 Å². The molecule has 0 aliphatic carbocycles. The van der Waals surface area contributed by atoms with Gasteiger partial charge in [-0.15, -0.1) is 0 Å². The van der Waals surface area contributed by atoms with Crippen molar-refractivity contribution in [2.45, 2.75) is 12.0 Å². The van der Waals surface area contributed by atoms with Crippen LogP contribution in [0.25, 0.3) is 0 Å². The van der Waals surface area contributed by atoms with Gasteiger partial charge in [-0.3, -0.25) is 14.5 Å². The molecule has 160 valence electrons. The summed E-state index contributed by atoms with van der Waals surface area (Å²) >= 11 is 0. The van der Waals surface area contributed by atoms with E-state index in [1.54, 1.807) is 0 Å². The van der Waals surface area contributed by atoms with Crippen molar-refractivity contribution in [1.82, 2.24) is 15.5 Å². The van der Waals surface area contributed by atoms with Crippen molar-refractivity contribution in [2.24, 2.45) is 0 Å². The van der Waals surface area contributed by atoms with E-state index in [-0.39, 0.29) is 11.8 Å². The molecule has 1 heterocycles. The lowest BCUT2D eigenvalue weighted by Gasteiger charge is -2.27. The predicted octanol–water partition coefficient (Wildman–Crippen LogP) is 0.744. The van der Waals surface area contributed by atoms with Crippen molar-refractivity contribution < 1.29 is 19.4 Å². The van der Waals surface area contributed by atoms with Crippen LogP contribution in [-0.2, 0) is 14.3 Å². The molecule has 3 N–H and O–H groups in total. The number of aliphatic hydroxyl groups excluding tert-OH is 1. The van der Waals surface area contributed by atoms with Gasteiger partial charge in [0.05, 0.1) is 25.7 Å². The van der Waals surface area contributed by atoms with Gasteiger partial charge in [0, 0.05) is 26.2 Å². The zero-order valence-corrected chi connectivity index (χ0v) is 17.0. The number of morpholine rings is 1. The number of carbonyl (C=O) groups excluding carboxylic acids is 2. The van der Waals surface area contributed by atoms with E-state index in [1.165, 1.54) is 0 Å². The van der Waals surface area contributed by atoms with Gasteiger partial charge in [-0.05, 0) is 11.1 Å². The van der Waals surface area contributed by atoms with Gasteiger partial charge in [0.25, 0.3) is 0 Å². The molecule has 1 aliphatic heterocycles. The lowest BCUT2D eigenvalue weighted by Crippen LogP contribution is -2.51. The number of aliphatic hydroxyl groups is 1. The Labute approximate surface area is 177 Å². The molecule has 30 heavy (non-hydrogen) atoms. The molecular weight excluding hydrogens is 382 g/mol. The second-order valence-corrected chi connectivity index (χ2v) is 7.24. The monoisotopic (exact) mass is 411 g/mol. The molecule has 1 fully saturated rings. The standard InChI is InChI=1S/C23H29N3O4/c27-17-20(22(28)24-11-12-26-13-15-30-16-14-26)25-23(29)21(18-7-3-1-4-8-18)19-9-5-2-6-10-19/h1-10,20-21,27H,11-17H2,(H,24,28)(H,25,29). The third-order valence-corrected chi connectivity index (χ3v) is 5.17. The first-order valence-electron chi connectivity index (χ1n) is 10.3. The summed E-state index contributed by atoms with van der Waals surface area (Å²) in [6, 6.07) is 17.8. The van der Waals surface area contributed by atoms with E-state index in [0.29, 0.717) is 26.3 Å². The molecule has 1 atom stereocenters. The maximum Gasteiger partial charge on any atom is 0.245 e. The smallest absolute Gasteiger partial charge is 0.245 e. The third-order valence-electron chi connectivity index (χ3n) is 5.17. The summed E-state index contributed by atoms with van der Waals surface area (Å²) in [5, 5.41) is 15.2. The molecule has 1 saturated heterocycles. The number of hydrogen-bond donors (Lipinski definition) is 3. The molecule has 3 rings (SSSR count). The van der Waals surface area contributed by atoms with Crippen LogP contribution >= 0.6 is 0 Å². The number of amides is 2. The zero-order chi connectivity index (χ0) is 21.2. The normalized spacial score (nSPS) is 15.5. The Morgan fingerprint density at radius 1 is 0.933 bits per heavy atom. The van der Waals surface area contributed by atoms with E-state index in [0.717, 1.165) is 24.2 Å². The maximum absolute atomic E-state index is 13.1. The van der Waals surface area contributed by atoms with Crippen LogP contribution in [0, 0.1) is 0 Å². The van der Waals surface area contributed by atoms with E-state index in [1.807, 2.05) is 60.7 Å². The first kappa shape index (κ1) is 22.0. The topological polar surface area (TPSA) is 90.9 Å². The van der Waals surface area contributed by atoms with Crippen LogP contribution in [0.1, 0.15) is 17.0 Å². The second kappa shape index (κ2) is 11.4. The number of benzene rings is 2. The molecule has 0 radical (unpaired) electrons. The van der Waals surface area contributed by atoms with Crippen LogP contribution in [-0.4, -0.2) is 73.9 Å². The van der Waals surface area contributed by atoms with E-state index in [9.17, 15) is 14.7 Å². The van der Waals surface area contributed by atoms with Gasteiger partial charge in [0.1, 0.15) is 6.04 Å². The molecule has 0 bridgehead atoms. The second-order valence-electron chi connectivity index (χ2n) is 7.24.